The van der Waals surface area contributed by atoms with E-state index in [0.717, 1.165) is 5.57 Å². The SMILES string of the molecule is C=CC(C)(C)C(=C)/C=C/C. The minimum Gasteiger partial charge on any atom is -0.102 e. The maximum atomic E-state index is 3.93. The lowest BCUT2D eigenvalue weighted by Gasteiger charge is -2.19. The Morgan fingerprint density at radius 1 is 1.40 bits per heavy atom. The smallest absolute Gasteiger partial charge is 0.00667 e. The summed E-state index contributed by atoms with van der Waals surface area (Å²) in [6.07, 6.45) is 5.92. The van der Waals surface area contributed by atoms with Gasteiger partial charge < -0.3 is 0 Å². The maximum Gasteiger partial charge on any atom is 0.00667 e. The van der Waals surface area contributed by atoms with Gasteiger partial charge in [0, 0.05) is 5.41 Å². The average molecular weight is 136 g/mol. The molecule has 0 spiro atoms. The summed E-state index contributed by atoms with van der Waals surface area (Å²) in [5.74, 6) is 0. The van der Waals surface area contributed by atoms with Crippen molar-refractivity contribution in [2.75, 3.05) is 0 Å². The molecule has 0 aromatic heterocycles. The first-order chi connectivity index (χ1) is 4.54. The van der Waals surface area contributed by atoms with Crippen LogP contribution in [-0.4, -0.2) is 0 Å². The van der Waals surface area contributed by atoms with Crippen LogP contribution in [0.1, 0.15) is 20.8 Å². The topological polar surface area (TPSA) is 0 Å². The van der Waals surface area contributed by atoms with Gasteiger partial charge in [-0.25, -0.2) is 0 Å². The summed E-state index contributed by atoms with van der Waals surface area (Å²) in [7, 11) is 0. The first-order valence-corrected chi connectivity index (χ1v) is 3.50. The molecule has 0 aromatic rings. The highest BCUT2D eigenvalue weighted by atomic mass is 14.2. The third-order valence-corrected chi connectivity index (χ3v) is 1.71. The summed E-state index contributed by atoms with van der Waals surface area (Å²) in [5.41, 5.74) is 1.14. The van der Waals surface area contributed by atoms with Gasteiger partial charge in [0.1, 0.15) is 0 Å². The Kier molecular flexibility index (Phi) is 3.14. The van der Waals surface area contributed by atoms with Crippen LogP contribution in [0.15, 0.2) is 37.0 Å². The van der Waals surface area contributed by atoms with Crippen molar-refractivity contribution in [3.8, 4) is 0 Å². The molecule has 0 atom stereocenters. The van der Waals surface area contributed by atoms with E-state index in [4.69, 9.17) is 0 Å². The van der Waals surface area contributed by atoms with Crippen molar-refractivity contribution in [2.45, 2.75) is 20.8 Å². The Morgan fingerprint density at radius 2 is 1.90 bits per heavy atom. The van der Waals surface area contributed by atoms with Gasteiger partial charge in [0.15, 0.2) is 0 Å². The lowest BCUT2D eigenvalue weighted by atomic mass is 9.85. The highest BCUT2D eigenvalue weighted by Gasteiger charge is 2.13. The van der Waals surface area contributed by atoms with Crippen molar-refractivity contribution in [3.63, 3.8) is 0 Å². The number of hydrogen-bond acceptors (Lipinski definition) is 0. The van der Waals surface area contributed by atoms with Gasteiger partial charge in [-0.2, -0.15) is 0 Å². The van der Waals surface area contributed by atoms with Gasteiger partial charge in [-0.1, -0.05) is 38.7 Å². The second-order valence-corrected chi connectivity index (χ2v) is 2.95. The van der Waals surface area contributed by atoms with Crippen molar-refractivity contribution in [1.29, 1.82) is 0 Å². The van der Waals surface area contributed by atoms with Crippen LogP contribution in [0.4, 0.5) is 0 Å². The van der Waals surface area contributed by atoms with Crippen LogP contribution in [-0.2, 0) is 0 Å². The second-order valence-electron chi connectivity index (χ2n) is 2.95. The van der Waals surface area contributed by atoms with Crippen LogP contribution in [0.2, 0.25) is 0 Å². The molecule has 0 saturated heterocycles. The zero-order chi connectivity index (χ0) is 8.20. The molecule has 0 heterocycles. The quantitative estimate of drug-likeness (QED) is 0.412. The molecule has 0 aromatic carbocycles. The molecule has 0 unspecified atom stereocenters. The molecule has 56 valence electrons. The molecular weight excluding hydrogens is 120 g/mol. The summed E-state index contributed by atoms with van der Waals surface area (Å²) in [6, 6.07) is 0. The molecule has 0 bridgehead atoms. The largest absolute Gasteiger partial charge is 0.102 e. The van der Waals surface area contributed by atoms with Crippen LogP contribution in [0.3, 0.4) is 0 Å². The number of rotatable bonds is 3. The van der Waals surface area contributed by atoms with E-state index >= 15 is 0 Å². The fraction of sp³-hybridized carbons (Fsp3) is 0.400. The summed E-state index contributed by atoms with van der Waals surface area (Å²) in [4.78, 5) is 0. The standard InChI is InChI=1S/C10H16/c1-6-8-9(3)10(4,5)7-2/h6-8H,2-3H2,1,4-5H3/b8-6+. The van der Waals surface area contributed by atoms with E-state index in [-0.39, 0.29) is 5.41 Å². The molecule has 0 amide bonds. The van der Waals surface area contributed by atoms with Crippen LogP contribution in [0.25, 0.3) is 0 Å². The van der Waals surface area contributed by atoms with E-state index in [0.29, 0.717) is 0 Å². The molecule has 10 heavy (non-hydrogen) atoms. The Bertz CT molecular complexity index is 159. The molecule has 0 nitrogen and oxygen atoms in total. The van der Waals surface area contributed by atoms with E-state index in [1.165, 1.54) is 0 Å². The maximum absolute atomic E-state index is 3.93. The lowest BCUT2D eigenvalue weighted by molar-refractivity contribution is 0.599. The zero-order valence-electron chi connectivity index (χ0n) is 7.15. The van der Waals surface area contributed by atoms with Crippen molar-refractivity contribution in [2.24, 2.45) is 5.41 Å². The molecule has 0 aliphatic carbocycles. The Hall–Kier alpha value is -0.780. The Balaban J connectivity index is 4.33. The van der Waals surface area contributed by atoms with Gasteiger partial charge in [0.2, 0.25) is 0 Å². The fourth-order valence-corrected chi connectivity index (χ4v) is 0.547. The Labute approximate surface area is 64.0 Å². The first-order valence-electron chi connectivity index (χ1n) is 3.50. The summed E-state index contributed by atoms with van der Waals surface area (Å²) in [5, 5.41) is 0. The summed E-state index contributed by atoms with van der Waals surface area (Å²) in [6.45, 7) is 13.9. The highest BCUT2D eigenvalue weighted by molar-refractivity contribution is 5.25. The third kappa shape index (κ3) is 2.22. The third-order valence-electron chi connectivity index (χ3n) is 1.71. The summed E-state index contributed by atoms with van der Waals surface area (Å²) >= 11 is 0. The predicted octanol–water partition coefficient (Wildman–Crippen LogP) is 3.33. The molecular formula is C10H16. The first kappa shape index (κ1) is 9.22. The predicted molar refractivity (Wildman–Crippen MR) is 47.9 cm³/mol. The molecule has 0 radical (unpaired) electrons. The van der Waals surface area contributed by atoms with Crippen molar-refractivity contribution < 1.29 is 0 Å². The van der Waals surface area contributed by atoms with E-state index in [2.05, 4.69) is 27.0 Å². The summed E-state index contributed by atoms with van der Waals surface area (Å²) < 4.78 is 0. The average Bonchev–Trinajstić information content (AvgIpc) is 1.89. The van der Waals surface area contributed by atoms with E-state index in [9.17, 15) is 0 Å². The Morgan fingerprint density at radius 3 is 2.20 bits per heavy atom. The molecule has 0 aliphatic heterocycles. The second kappa shape index (κ2) is 3.40. The van der Waals surface area contributed by atoms with Crippen LogP contribution < -0.4 is 0 Å². The van der Waals surface area contributed by atoms with Crippen molar-refractivity contribution in [1.82, 2.24) is 0 Å². The van der Waals surface area contributed by atoms with Crippen molar-refractivity contribution in [3.05, 3.63) is 37.0 Å². The number of allylic oxidation sites excluding steroid dienone is 4. The van der Waals surface area contributed by atoms with Gasteiger partial charge in [-0.05, 0) is 12.5 Å². The minimum atomic E-state index is 0.0342. The van der Waals surface area contributed by atoms with Crippen LogP contribution >= 0.6 is 0 Å². The molecule has 0 heteroatoms. The minimum absolute atomic E-state index is 0.0342. The molecule has 0 rings (SSSR count). The number of hydrogen-bond donors (Lipinski definition) is 0. The normalized spacial score (nSPS) is 11.9. The monoisotopic (exact) mass is 136 g/mol. The van der Waals surface area contributed by atoms with Gasteiger partial charge in [-0.15, -0.1) is 6.58 Å². The highest BCUT2D eigenvalue weighted by Crippen LogP contribution is 2.26. The van der Waals surface area contributed by atoms with E-state index in [1.807, 2.05) is 25.2 Å². The zero-order valence-corrected chi connectivity index (χ0v) is 7.15. The molecule has 0 saturated carbocycles. The van der Waals surface area contributed by atoms with Gasteiger partial charge in [0.05, 0.1) is 0 Å². The van der Waals surface area contributed by atoms with Crippen LogP contribution in [0.5, 0.6) is 0 Å². The van der Waals surface area contributed by atoms with E-state index < -0.39 is 0 Å². The van der Waals surface area contributed by atoms with Gasteiger partial charge in [0.25, 0.3) is 0 Å². The van der Waals surface area contributed by atoms with Gasteiger partial charge in [-0.3, -0.25) is 0 Å². The van der Waals surface area contributed by atoms with E-state index in [1.54, 1.807) is 0 Å². The van der Waals surface area contributed by atoms with Crippen LogP contribution in [0, 0.1) is 5.41 Å². The lowest BCUT2D eigenvalue weighted by Crippen LogP contribution is -2.07. The molecule has 0 fully saturated rings. The van der Waals surface area contributed by atoms with Gasteiger partial charge >= 0.3 is 0 Å². The fourth-order valence-electron chi connectivity index (χ4n) is 0.547. The molecule has 0 aliphatic rings. The van der Waals surface area contributed by atoms with Crippen molar-refractivity contribution >= 4 is 0 Å². The molecule has 0 N–H and O–H groups in total.